The molecule has 0 radical (unpaired) electrons. The van der Waals surface area contributed by atoms with Gasteiger partial charge in [-0.25, -0.2) is 4.99 Å². The number of hydrogen-bond acceptors (Lipinski definition) is 7. The first-order valence-electron chi connectivity index (χ1n) is 9.54. The molecule has 0 atom stereocenters. The number of anilines is 2. The smallest absolute Gasteiger partial charge is 0.288 e. The van der Waals surface area contributed by atoms with Gasteiger partial charge in [0.1, 0.15) is 5.70 Å². The van der Waals surface area contributed by atoms with Crippen LogP contribution in [0.4, 0.5) is 11.6 Å². The predicted molar refractivity (Wildman–Crippen MR) is 117 cm³/mol. The van der Waals surface area contributed by atoms with Crippen LogP contribution in [0.5, 0.6) is 0 Å². The van der Waals surface area contributed by atoms with Gasteiger partial charge in [0.25, 0.3) is 12.1 Å². The van der Waals surface area contributed by atoms with E-state index in [0.29, 0.717) is 23.1 Å². The van der Waals surface area contributed by atoms with Crippen LogP contribution in [0.1, 0.15) is 12.6 Å². The molecule has 1 aliphatic rings. The Bertz CT molecular complexity index is 1140. The molecular weight excluding hydrogens is 416 g/mol. The first-order chi connectivity index (χ1) is 15.1. The molecular formula is C21H19N6O3S+. The van der Waals surface area contributed by atoms with E-state index in [9.17, 15) is 9.59 Å². The van der Waals surface area contributed by atoms with E-state index >= 15 is 0 Å². The van der Waals surface area contributed by atoms with Gasteiger partial charge in [-0.2, -0.15) is 0 Å². The van der Waals surface area contributed by atoms with Gasteiger partial charge in [0.05, 0.1) is 17.1 Å². The number of pyridine rings is 1. The van der Waals surface area contributed by atoms with E-state index in [1.807, 2.05) is 43.3 Å². The van der Waals surface area contributed by atoms with Gasteiger partial charge in [-0.15, -0.1) is 0 Å². The second-order valence-electron chi connectivity index (χ2n) is 6.41. The average Bonchev–Trinajstić information content (AvgIpc) is 3.37. The number of nitrogens with one attached hydrogen (secondary N) is 1. The molecule has 1 aliphatic heterocycles. The predicted octanol–water partition coefficient (Wildman–Crippen LogP) is 2.49. The maximum absolute atomic E-state index is 13.1. The number of para-hydroxylation sites is 1. The molecule has 1 aromatic carbocycles. The molecule has 3 heterocycles. The van der Waals surface area contributed by atoms with Crippen molar-refractivity contribution in [3.8, 4) is 0 Å². The molecule has 4 rings (SSSR count). The number of nitrogens with zero attached hydrogens (tertiary/aromatic N) is 5. The van der Waals surface area contributed by atoms with Crippen molar-refractivity contribution in [3.05, 3.63) is 72.3 Å². The monoisotopic (exact) mass is 435 g/mol. The lowest BCUT2D eigenvalue weighted by Crippen LogP contribution is -2.33. The van der Waals surface area contributed by atoms with E-state index in [1.165, 1.54) is 4.90 Å². The molecule has 0 saturated carbocycles. The van der Waals surface area contributed by atoms with Gasteiger partial charge in [-0.05, 0) is 37.3 Å². The number of rotatable bonds is 6. The van der Waals surface area contributed by atoms with Crippen molar-refractivity contribution in [3.63, 3.8) is 0 Å². The molecule has 0 unspecified atom stereocenters. The summed E-state index contributed by atoms with van der Waals surface area (Å²) >= 11 is 1.16. The Morgan fingerprint density at radius 3 is 2.74 bits per heavy atom. The minimum atomic E-state index is -0.297. The van der Waals surface area contributed by atoms with E-state index in [0.717, 1.165) is 11.8 Å². The summed E-state index contributed by atoms with van der Waals surface area (Å²) in [5, 5.41) is 6.82. The quantitative estimate of drug-likeness (QED) is 0.471. The third kappa shape index (κ3) is 4.86. The summed E-state index contributed by atoms with van der Waals surface area (Å²) in [7, 11) is 0. The van der Waals surface area contributed by atoms with E-state index in [1.54, 1.807) is 35.3 Å². The van der Waals surface area contributed by atoms with Gasteiger partial charge in [0.15, 0.2) is 11.7 Å². The molecule has 3 aromatic rings. The Labute approximate surface area is 182 Å². The van der Waals surface area contributed by atoms with Crippen LogP contribution in [0, 0.1) is 0 Å². The van der Waals surface area contributed by atoms with Gasteiger partial charge in [-0.3, -0.25) is 29.3 Å². The Morgan fingerprint density at radius 1 is 1.23 bits per heavy atom. The maximum Gasteiger partial charge on any atom is 0.302 e. The fraction of sp³-hybridized carbons (Fsp3) is 0.143. The largest absolute Gasteiger partial charge is 0.302 e. The highest BCUT2D eigenvalue weighted by atomic mass is 32.2. The molecule has 156 valence electrons. The Balaban J connectivity index is 1.53. The molecule has 2 amide bonds. The van der Waals surface area contributed by atoms with Crippen LogP contribution in [0.15, 0.2) is 76.1 Å². The van der Waals surface area contributed by atoms with Crippen molar-refractivity contribution in [1.82, 2.24) is 10.3 Å². The van der Waals surface area contributed by atoms with Crippen LogP contribution in [0.2, 0.25) is 0 Å². The Morgan fingerprint density at radius 2 is 2.03 bits per heavy atom. The van der Waals surface area contributed by atoms with Gasteiger partial charge >= 0.3 is 5.88 Å². The van der Waals surface area contributed by atoms with Crippen LogP contribution >= 0.6 is 11.8 Å². The molecule has 0 aliphatic carbocycles. The van der Waals surface area contributed by atoms with Crippen molar-refractivity contribution in [2.24, 2.45) is 4.99 Å². The number of aliphatic imine (C=N–C) groups is 1. The maximum atomic E-state index is 13.1. The SMILES string of the molecule is CC[n+]1cc(NC(=O)CSC2=N/C(=C/c3ccccn3)C(=O)N2c2ccccc2)on1. The summed E-state index contributed by atoms with van der Waals surface area (Å²) in [6, 6.07) is 14.6. The van der Waals surface area contributed by atoms with Crippen LogP contribution in [0.3, 0.4) is 0 Å². The third-order valence-electron chi connectivity index (χ3n) is 4.25. The number of carbonyl (C=O) groups excluding carboxylic acids is 2. The molecule has 0 saturated heterocycles. The number of amides is 2. The molecule has 10 heteroatoms. The molecule has 0 spiro atoms. The molecule has 0 fully saturated rings. The second-order valence-corrected chi connectivity index (χ2v) is 7.36. The third-order valence-corrected chi connectivity index (χ3v) is 5.18. The first-order valence-corrected chi connectivity index (χ1v) is 10.5. The minimum absolute atomic E-state index is 0.0408. The highest BCUT2D eigenvalue weighted by molar-refractivity contribution is 8.14. The molecule has 31 heavy (non-hydrogen) atoms. The number of aryl methyl sites for hydroxylation is 1. The standard InChI is InChI=1S/C21H18N6O3S/c1-2-26-13-19(30-25-26)24-18(28)14-31-21-23-17(12-15-8-6-7-11-22-15)20(29)27(21)16-9-4-3-5-10-16/h3-13H,2,14H2,1H3/p+1/b17-12+. The van der Waals surface area contributed by atoms with Crippen LogP contribution < -0.4 is 14.9 Å². The van der Waals surface area contributed by atoms with E-state index in [2.05, 4.69) is 20.6 Å². The second kappa shape index (κ2) is 9.35. The fourth-order valence-corrected chi connectivity index (χ4v) is 3.60. The zero-order valence-electron chi connectivity index (χ0n) is 16.6. The van der Waals surface area contributed by atoms with Gasteiger partial charge < -0.3 is 0 Å². The number of amidine groups is 1. The zero-order valence-corrected chi connectivity index (χ0v) is 17.5. The Kier molecular flexibility index (Phi) is 6.18. The summed E-state index contributed by atoms with van der Waals surface area (Å²) in [6.07, 6.45) is 4.88. The van der Waals surface area contributed by atoms with Crippen LogP contribution in [0.25, 0.3) is 6.08 Å². The molecule has 1 N–H and O–H groups in total. The lowest BCUT2D eigenvalue weighted by atomic mass is 10.2. The van der Waals surface area contributed by atoms with Gasteiger partial charge in [0.2, 0.25) is 11.2 Å². The first kappa shape index (κ1) is 20.5. The van der Waals surface area contributed by atoms with E-state index in [-0.39, 0.29) is 29.1 Å². The number of aromatic nitrogens is 3. The number of carbonyl (C=O) groups is 2. The summed E-state index contributed by atoms with van der Waals surface area (Å²) in [6.45, 7) is 2.54. The average molecular weight is 435 g/mol. The van der Waals surface area contributed by atoms with Gasteiger partial charge in [0, 0.05) is 6.20 Å². The van der Waals surface area contributed by atoms with Crippen molar-refractivity contribution >= 4 is 46.4 Å². The van der Waals surface area contributed by atoms with Gasteiger partial charge in [-0.1, -0.05) is 40.7 Å². The van der Waals surface area contributed by atoms with Crippen molar-refractivity contribution in [1.29, 1.82) is 0 Å². The number of hydrogen-bond donors (Lipinski definition) is 1. The van der Waals surface area contributed by atoms with Crippen molar-refractivity contribution in [2.75, 3.05) is 16.0 Å². The summed E-state index contributed by atoms with van der Waals surface area (Å²) < 4.78 is 6.61. The lowest BCUT2D eigenvalue weighted by molar-refractivity contribution is -0.759. The minimum Gasteiger partial charge on any atom is -0.288 e. The van der Waals surface area contributed by atoms with Crippen LogP contribution in [-0.4, -0.2) is 33.0 Å². The van der Waals surface area contributed by atoms with Crippen molar-refractivity contribution in [2.45, 2.75) is 13.5 Å². The molecule has 2 aromatic heterocycles. The lowest BCUT2D eigenvalue weighted by Gasteiger charge is -2.17. The molecule has 9 nitrogen and oxygen atoms in total. The fourth-order valence-electron chi connectivity index (χ4n) is 2.79. The Hall–Kier alpha value is -3.79. The normalized spacial score (nSPS) is 14.7. The highest BCUT2D eigenvalue weighted by Gasteiger charge is 2.32. The number of benzene rings is 1. The van der Waals surface area contributed by atoms with E-state index < -0.39 is 0 Å². The number of thioether (sulfide) groups is 1. The topological polar surface area (TPSA) is 105 Å². The summed E-state index contributed by atoms with van der Waals surface area (Å²) in [5.41, 5.74) is 1.55. The van der Waals surface area contributed by atoms with Crippen LogP contribution in [-0.2, 0) is 16.1 Å². The summed E-state index contributed by atoms with van der Waals surface area (Å²) in [5.74, 6) is -0.277. The zero-order chi connectivity index (χ0) is 21.6. The summed E-state index contributed by atoms with van der Waals surface area (Å²) in [4.78, 5) is 35.6. The molecule has 0 bridgehead atoms. The highest BCUT2D eigenvalue weighted by Crippen LogP contribution is 2.29. The van der Waals surface area contributed by atoms with Crippen molar-refractivity contribution < 1.29 is 18.8 Å². The van der Waals surface area contributed by atoms with E-state index in [4.69, 9.17) is 4.52 Å².